The Morgan fingerprint density at radius 3 is 2.35 bits per heavy atom. The van der Waals surface area contributed by atoms with Crippen molar-refractivity contribution in [2.75, 3.05) is 38.2 Å². The number of methoxy groups -OCH3 is 1. The van der Waals surface area contributed by atoms with Crippen LogP contribution in [0.15, 0.2) is 42.5 Å². The largest absolute Gasteiger partial charge is 0.497 e. The topological polar surface area (TPSA) is 16.9 Å². The third-order valence-corrected chi connectivity index (χ3v) is 4.38. The predicted molar refractivity (Wildman–Crippen MR) is 86.0 cm³/mol. The molecule has 122 valence electrons. The lowest BCUT2D eigenvalue weighted by molar-refractivity contribution is -0.914. The van der Waals surface area contributed by atoms with Crippen LogP contribution in [0.25, 0.3) is 0 Å². The van der Waals surface area contributed by atoms with E-state index in [0.29, 0.717) is 6.54 Å². The van der Waals surface area contributed by atoms with E-state index in [0.717, 1.165) is 37.6 Å². The fourth-order valence-corrected chi connectivity index (χ4v) is 3.02. The summed E-state index contributed by atoms with van der Waals surface area (Å²) in [5.74, 6) is -0.0637. The average Bonchev–Trinajstić information content (AvgIpc) is 2.59. The second-order valence-electron chi connectivity index (χ2n) is 5.82. The SMILES string of the molecule is COc1cccc(N2CC[NH+](Cc3c(F)cccc3F)CC2)c1. The number of anilines is 1. The molecule has 0 radical (unpaired) electrons. The van der Waals surface area contributed by atoms with E-state index in [1.54, 1.807) is 7.11 Å². The van der Waals surface area contributed by atoms with E-state index in [9.17, 15) is 8.78 Å². The zero-order valence-corrected chi connectivity index (χ0v) is 13.2. The van der Waals surface area contributed by atoms with Gasteiger partial charge in [0.05, 0.1) is 38.9 Å². The molecule has 1 heterocycles. The molecule has 0 atom stereocenters. The van der Waals surface area contributed by atoms with E-state index in [1.165, 1.54) is 23.1 Å². The zero-order chi connectivity index (χ0) is 16.2. The smallest absolute Gasteiger partial charge is 0.135 e. The second kappa shape index (κ2) is 6.96. The standard InChI is InChI=1S/C18H20F2N2O/c1-23-15-5-2-4-14(12-15)22-10-8-21(9-11-22)13-16-17(19)6-3-7-18(16)20/h2-7,12H,8-11,13H2,1H3/p+1. The Morgan fingerprint density at radius 1 is 1.04 bits per heavy atom. The van der Waals surface area contributed by atoms with Gasteiger partial charge in [0.25, 0.3) is 0 Å². The summed E-state index contributed by atoms with van der Waals surface area (Å²) in [6.07, 6.45) is 0. The van der Waals surface area contributed by atoms with Gasteiger partial charge in [-0.3, -0.25) is 0 Å². The van der Waals surface area contributed by atoms with Crippen molar-refractivity contribution in [2.24, 2.45) is 0 Å². The Hall–Kier alpha value is -2.14. The maximum absolute atomic E-state index is 13.8. The fraction of sp³-hybridized carbons (Fsp3) is 0.333. The van der Waals surface area contributed by atoms with Gasteiger partial charge >= 0.3 is 0 Å². The molecular formula is C18H21F2N2O+. The summed E-state index contributed by atoms with van der Waals surface area (Å²) < 4.78 is 32.8. The molecule has 0 aromatic heterocycles. The number of quaternary nitrogens is 1. The van der Waals surface area contributed by atoms with Crippen molar-refractivity contribution >= 4 is 5.69 Å². The Labute approximate surface area is 135 Å². The fourth-order valence-electron chi connectivity index (χ4n) is 3.02. The first-order valence-electron chi connectivity index (χ1n) is 7.83. The third-order valence-electron chi connectivity index (χ3n) is 4.38. The van der Waals surface area contributed by atoms with Crippen molar-refractivity contribution < 1.29 is 18.4 Å². The lowest BCUT2D eigenvalue weighted by atomic mass is 10.1. The molecule has 0 aliphatic carbocycles. The number of piperazine rings is 1. The van der Waals surface area contributed by atoms with Gasteiger partial charge in [0.15, 0.2) is 0 Å². The summed E-state index contributed by atoms with van der Waals surface area (Å²) >= 11 is 0. The van der Waals surface area contributed by atoms with Gasteiger partial charge in [-0.2, -0.15) is 0 Å². The van der Waals surface area contributed by atoms with Crippen LogP contribution >= 0.6 is 0 Å². The van der Waals surface area contributed by atoms with E-state index in [-0.39, 0.29) is 5.56 Å². The minimum absolute atomic E-state index is 0.192. The highest BCUT2D eigenvalue weighted by Gasteiger charge is 2.23. The normalized spacial score (nSPS) is 15.7. The van der Waals surface area contributed by atoms with Gasteiger partial charge in [-0.1, -0.05) is 12.1 Å². The zero-order valence-electron chi connectivity index (χ0n) is 13.2. The van der Waals surface area contributed by atoms with E-state index >= 15 is 0 Å². The molecular weight excluding hydrogens is 298 g/mol. The van der Waals surface area contributed by atoms with Crippen molar-refractivity contribution in [2.45, 2.75) is 6.54 Å². The van der Waals surface area contributed by atoms with Crippen LogP contribution in [0.4, 0.5) is 14.5 Å². The number of nitrogens with zero attached hydrogens (tertiary/aromatic N) is 1. The van der Waals surface area contributed by atoms with Gasteiger partial charge < -0.3 is 14.5 Å². The van der Waals surface area contributed by atoms with Crippen LogP contribution in [0, 0.1) is 11.6 Å². The van der Waals surface area contributed by atoms with Crippen LogP contribution in [0.2, 0.25) is 0 Å². The Bertz CT molecular complexity index is 650. The van der Waals surface area contributed by atoms with Crippen molar-refractivity contribution in [3.63, 3.8) is 0 Å². The highest BCUT2D eigenvalue weighted by atomic mass is 19.1. The first-order chi connectivity index (χ1) is 11.2. The highest BCUT2D eigenvalue weighted by molar-refractivity contribution is 5.50. The average molecular weight is 319 g/mol. The Morgan fingerprint density at radius 2 is 1.70 bits per heavy atom. The number of benzene rings is 2. The molecule has 23 heavy (non-hydrogen) atoms. The van der Waals surface area contributed by atoms with Crippen LogP contribution in [0.1, 0.15) is 5.56 Å². The van der Waals surface area contributed by atoms with Gasteiger partial charge in [-0.05, 0) is 24.3 Å². The maximum Gasteiger partial charge on any atom is 0.135 e. The number of nitrogens with one attached hydrogen (secondary N) is 1. The van der Waals surface area contributed by atoms with Crippen LogP contribution in [-0.2, 0) is 6.54 Å². The van der Waals surface area contributed by atoms with Gasteiger partial charge in [0.1, 0.15) is 23.9 Å². The molecule has 0 amide bonds. The summed E-state index contributed by atoms with van der Waals surface area (Å²) in [6, 6.07) is 12.0. The van der Waals surface area contributed by atoms with E-state index < -0.39 is 11.6 Å². The molecule has 3 rings (SSSR count). The lowest BCUT2D eigenvalue weighted by Crippen LogP contribution is -3.13. The summed E-state index contributed by atoms with van der Waals surface area (Å²) in [4.78, 5) is 3.48. The molecule has 1 saturated heterocycles. The molecule has 3 nitrogen and oxygen atoms in total. The number of halogens is 2. The Balaban J connectivity index is 1.62. The molecule has 0 bridgehead atoms. The van der Waals surface area contributed by atoms with Gasteiger partial charge in [0, 0.05) is 11.8 Å². The lowest BCUT2D eigenvalue weighted by Gasteiger charge is -2.33. The van der Waals surface area contributed by atoms with Crippen LogP contribution in [0.3, 0.4) is 0 Å². The van der Waals surface area contributed by atoms with Gasteiger partial charge in [-0.25, -0.2) is 8.78 Å². The molecule has 0 unspecified atom stereocenters. The van der Waals surface area contributed by atoms with E-state index in [1.807, 2.05) is 18.2 Å². The minimum atomic E-state index is -0.451. The molecule has 0 saturated carbocycles. The monoisotopic (exact) mass is 319 g/mol. The third kappa shape index (κ3) is 3.62. The van der Waals surface area contributed by atoms with Crippen molar-refractivity contribution in [3.8, 4) is 5.75 Å². The molecule has 5 heteroatoms. The van der Waals surface area contributed by atoms with E-state index in [4.69, 9.17) is 4.74 Å². The Kier molecular flexibility index (Phi) is 4.76. The van der Waals surface area contributed by atoms with Crippen LogP contribution in [-0.4, -0.2) is 33.3 Å². The summed E-state index contributed by atoms with van der Waals surface area (Å²) in [5, 5.41) is 0. The first kappa shape index (κ1) is 15.7. The quantitative estimate of drug-likeness (QED) is 0.927. The predicted octanol–water partition coefficient (Wildman–Crippen LogP) is 1.88. The molecule has 0 spiro atoms. The maximum atomic E-state index is 13.8. The number of hydrogen-bond donors (Lipinski definition) is 1. The van der Waals surface area contributed by atoms with Gasteiger partial charge in [0.2, 0.25) is 0 Å². The van der Waals surface area contributed by atoms with Crippen LogP contribution in [0.5, 0.6) is 5.75 Å². The number of ether oxygens (including phenoxy) is 1. The molecule has 2 aromatic carbocycles. The summed E-state index contributed by atoms with van der Waals surface area (Å²) in [5.41, 5.74) is 1.32. The van der Waals surface area contributed by atoms with Crippen LogP contribution < -0.4 is 14.5 Å². The van der Waals surface area contributed by atoms with Crippen molar-refractivity contribution in [1.82, 2.24) is 0 Å². The second-order valence-corrected chi connectivity index (χ2v) is 5.82. The number of hydrogen-bond acceptors (Lipinski definition) is 2. The first-order valence-corrected chi connectivity index (χ1v) is 7.83. The molecule has 1 aliphatic heterocycles. The highest BCUT2D eigenvalue weighted by Crippen LogP contribution is 2.20. The summed E-state index contributed by atoms with van der Waals surface area (Å²) in [7, 11) is 1.66. The molecule has 2 aromatic rings. The summed E-state index contributed by atoms with van der Waals surface area (Å²) in [6.45, 7) is 3.82. The molecule has 1 fully saturated rings. The number of rotatable bonds is 4. The van der Waals surface area contributed by atoms with E-state index in [2.05, 4.69) is 11.0 Å². The molecule has 1 N–H and O–H groups in total. The minimum Gasteiger partial charge on any atom is -0.497 e. The van der Waals surface area contributed by atoms with Crippen molar-refractivity contribution in [1.29, 1.82) is 0 Å². The van der Waals surface area contributed by atoms with Crippen molar-refractivity contribution in [3.05, 3.63) is 59.7 Å². The molecule has 1 aliphatic rings. The van der Waals surface area contributed by atoms with Gasteiger partial charge in [-0.15, -0.1) is 0 Å².